The highest BCUT2D eigenvalue weighted by molar-refractivity contribution is 5.07. The number of hydrogen-bond acceptors (Lipinski definition) is 3. The minimum absolute atomic E-state index is 0.390. The average Bonchev–Trinajstić information content (AvgIpc) is 2.52. The molecule has 110 valence electrons. The lowest BCUT2D eigenvalue weighted by Crippen LogP contribution is -2.64. The molecule has 1 aromatic rings. The van der Waals surface area contributed by atoms with Gasteiger partial charge in [0.2, 0.25) is 0 Å². The lowest BCUT2D eigenvalue weighted by atomic mass is 9.78. The number of aromatic nitrogens is 1. The van der Waals surface area contributed by atoms with Crippen LogP contribution in [0.4, 0.5) is 0 Å². The third kappa shape index (κ3) is 2.89. The van der Waals surface area contributed by atoms with E-state index in [1.165, 1.54) is 57.3 Å². The van der Waals surface area contributed by atoms with Crippen molar-refractivity contribution in [2.24, 2.45) is 0 Å². The van der Waals surface area contributed by atoms with Gasteiger partial charge in [0.1, 0.15) is 0 Å². The molecule has 1 aliphatic heterocycles. The molecule has 0 amide bonds. The molecule has 1 atom stereocenters. The Hall–Kier alpha value is -0.930. The predicted molar refractivity (Wildman–Crippen MR) is 82.5 cm³/mol. The van der Waals surface area contributed by atoms with Crippen LogP contribution in [0.25, 0.3) is 0 Å². The van der Waals surface area contributed by atoms with Crippen LogP contribution in [-0.2, 0) is 6.54 Å². The van der Waals surface area contributed by atoms with Crippen LogP contribution >= 0.6 is 0 Å². The van der Waals surface area contributed by atoms with Crippen molar-refractivity contribution >= 4 is 0 Å². The zero-order chi connectivity index (χ0) is 13.8. The Kier molecular flexibility index (Phi) is 4.37. The number of piperazine rings is 1. The molecule has 1 spiro atoms. The lowest BCUT2D eigenvalue weighted by Gasteiger charge is -2.52. The van der Waals surface area contributed by atoms with Gasteiger partial charge in [-0.1, -0.05) is 32.3 Å². The van der Waals surface area contributed by atoms with Gasteiger partial charge in [-0.3, -0.25) is 9.88 Å². The fourth-order valence-corrected chi connectivity index (χ4v) is 3.87. The number of nitrogens with zero attached hydrogens (tertiary/aromatic N) is 2. The van der Waals surface area contributed by atoms with E-state index in [2.05, 4.69) is 34.3 Å². The first kappa shape index (κ1) is 14.0. The van der Waals surface area contributed by atoms with Gasteiger partial charge in [0, 0.05) is 37.4 Å². The van der Waals surface area contributed by atoms with Crippen LogP contribution in [0.3, 0.4) is 0 Å². The average molecular weight is 273 g/mol. The van der Waals surface area contributed by atoms with E-state index in [4.69, 9.17) is 0 Å². The topological polar surface area (TPSA) is 28.2 Å². The van der Waals surface area contributed by atoms with Crippen molar-refractivity contribution in [2.75, 3.05) is 13.1 Å². The van der Waals surface area contributed by atoms with E-state index in [0.29, 0.717) is 11.6 Å². The number of pyridine rings is 1. The Morgan fingerprint density at radius 2 is 2.15 bits per heavy atom. The first-order chi connectivity index (χ1) is 9.82. The molecule has 1 unspecified atom stereocenters. The Labute approximate surface area is 122 Å². The maximum absolute atomic E-state index is 4.54. The summed E-state index contributed by atoms with van der Waals surface area (Å²) in [6.07, 6.45) is 10.0. The van der Waals surface area contributed by atoms with Gasteiger partial charge in [-0.25, -0.2) is 0 Å². The Morgan fingerprint density at radius 3 is 2.85 bits per heavy atom. The molecular formula is C17H27N3. The second-order valence-corrected chi connectivity index (χ2v) is 6.47. The van der Waals surface area contributed by atoms with E-state index in [0.717, 1.165) is 6.54 Å². The van der Waals surface area contributed by atoms with E-state index in [1.54, 1.807) is 0 Å². The Balaban J connectivity index is 1.77. The monoisotopic (exact) mass is 273 g/mol. The van der Waals surface area contributed by atoms with Crippen molar-refractivity contribution in [1.82, 2.24) is 15.2 Å². The fourth-order valence-electron chi connectivity index (χ4n) is 3.87. The summed E-state index contributed by atoms with van der Waals surface area (Å²) in [5.74, 6) is 0. The zero-order valence-electron chi connectivity index (χ0n) is 12.6. The predicted octanol–water partition coefficient (Wildman–Crippen LogP) is 2.97. The van der Waals surface area contributed by atoms with Crippen molar-refractivity contribution in [1.29, 1.82) is 0 Å². The Bertz CT molecular complexity index is 412. The van der Waals surface area contributed by atoms with Gasteiger partial charge in [-0.2, -0.15) is 0 Å². The number of nitrogens with one attached hydrogen (secondary N) is 1. The smallest absolute Gasteiger partial charge is 0.0544 e. The number of hydrogen-bond donors (Lipinski definition) is 1. The molecule has 2 heterocycles. The van der Waals surface area contributed by atoms with Crippen LogP contribution in [0.5, 0.6) is 0 Å². The summed E-state index contributed by atoms with van der Waals surface area (Å²) in [4.78, 5) is 7.27. The highest BCUT2D eigenvalue weighted by Gasteiger charge is 2.41. The van der Waals surface area contributed by atoms with E-state index in [9.17, 15) is 0 Å². The molecule has 0 radical (unpaired) electrons. The molecule has 1 aliphatic carbocycles. The summed E-state index contributed by atoms with van der Waals surface area (Å²) in [6, 6.07) is 6.92. The zero-order valence-corrected chi connectivity index (χ0v) is 12.6. The normalized spacial score (nSPS) is 26.8. The maximum atomic E-state index is 4.54. The van der Waals surface area contributed by atoms with Crippen LogP contribution in [0, 0.1) is 0 Å². The molecule has 20 heavy (non-hydrogen) atoms. The van der Waals surface area contributed by atoms with Crippen molar-refractivity contribution in [3.05, 3.63) is 30.1 Å². The lowest BCUT2D eigenvalue weighted by molar-refractivity contribution is 0.00188. The minimum Gasteiger partial charge on any atom is -0.311 e. The summed E-state index contributed by atoms with van der Waals surface area (Å²) in [6.45, 7) is 5.64. The summed E-state index contributed by atoms with van der Waals surface area (Å²) >= 11 is 0. The summed E-state index contributed by atoms with van der Waals surface area (Å²) in [5, 5.41) is 3.78. The van der Waals surface area contributed by atoms with Gasteiger partial charge in [0.25, 0.3) is 0 Å². The summed E-state index contributed by atoms with van der Waals surface area (Å²) in [5.41, 5.74) is 1.61. The largest absolute Gasteiger partial charge is 0.311 e. The molecular weight excluding hydrogens is 246 g/mol. The minimum atomic E-state index is 0.390. The molecule has 3 heteroatoms. The molecule has 0 aromatic carbocycles. The van der Waals surface area contributed by atoms with Crippen LogP contribution < -0.4 is 5.32 Å². The van der Waals surface area contributed by atoms with Crippen LogP contribution in [-0.4, -0.2) is 34.6 Å². The van der Waals surface area contributed by atoms with Gasteiger partial charge >= 0.3 is 0 Å². The maximum Gasteiger partial charge on any atom is 0.0544 e. The summed E-state index contributed by atoms with van der Waals surface area (Å²) < 4.78 is 0. The van der Waals surface area contributed by atoms with Crippen molar-refractivity contribution in [3.63, 3.8) is 0 Å². The summed E-state index contributed by atoms with van der Waals surface area (Å²) in [7, 11) is 0. The quantitative estimate of drug-likeness (QED) is 0.917. The molecule has 3 rings (SSSR count). The second kappa shape index (κ2) is 6.23. The van der Waals surface area contributed by atoms with Gasteiger partial charge in [0.05, 0.1) is 5.69 Å². The first-order valence-electron chi connectivity index (χ1n) is 8.21. The fraction of sp³-hybridized carbons (Fsp3) is 0.706. The van der Waals surface area contributed by atoms with Crippen molar-refractivity contribution < 1.29 is 0 Å². The molecule has 1 aromatic heterocycles. The Morgan fingerprint density at radius 1 is 1.30 bits per heavy atom. The van der Waals surface area contributed by atoms with Gasteiger partial charge < -0.3 is 5.32 Å². The second-order valence-electron chi connectivity index (χ2n) is 6.47. The molecule has 1 N–H and O–H groups in total. The highest BCUT2D eigenvalue weighted by atomic mass is 15.3. The van der Waals surface area contributed by atoms with Crippen molar-refractivity contribution in [2.45, 2.75) is 63.6 Å². The van der Waals surface area contributed by atoms with E-state index >= 15 is 0 Å². The van der Waals surface area contributed by atoms with Crippen LogP contribution in [0.15, 0.2) is 24.4 Å². The van der Waals surface area contributed by atoms with E-state index in [1.807, 2.05) is 12.3 Å². The highest BCUT2D eigenvalue weighted by Crippen LogP contribution is 2.36. The number of rotatable bonds is 3. The molecule has 1 saturated carbocycles. The van der Waals surface area contributed by atoms with Gasteiger partial charge in [-0.05, 0) is 31.4 Å². The van der Waals surface area contributed by atoms with Crippen LogP contribution in [0.2, 0.25) is 0 Å². The van der Waals surface area contributed by atoms with Crippen molar-refractivity contribution in [3.8, 4) is 0 Å². The SMILES string of the molecule is CCC1CN(Cc2ccccn2)C2(CCCCC2)CN1. The van der Waals surface area contributed by atoms with Crippen LogP contribution in [0.1, 0.15) is 51.1 Å². The van der Waals surface area contributed by atoms with Gasteiger partial charge in [0.15, 0.2) is 0 Å². The molecule has 3 nitrogen and oxygen atoms in total. The van der Waals surface area contributed by atoms with Gasteiger partial charge in [-0.15, -0.1) is 0 Å². The van der Waals surface area contributed by atoms with E-state index < -0.39 is 0 Å². The molecule has 2 fully saturated rings. The molecule has 2 aliphatic rings. The van der Waals surface area contributed by atoms with E-state index in [-0.39, 0.29) is 0 Å². The standard InChI is InChI=1S/C17H27N3/c1-2-15-12-20(13-16-8-4-7-11-18-16)17(14-19-15)9-5-3-6-10-17/h4,7-8,11,15,19H,2-3,5-6,9-10,12-14H2,1H3. The molecule has 0 bridgehead atoms. The third-order valence-electron chi connectivity index (χ3n) is 5.19. The third-order valence-corrected chi connectivity index (χ3v) is 5.19. The molecule has 1 saturated heterocycles. The first-order valence-corrected chi connectivity index (χ1v) is 8.21.